The number of furan rings is 1. The van der Waals surface area contributed by atoms with Crippen molar-refractivity contribution in [2.45, 2.75) is 46.1 Å². The first-order valence-corrected chi connectivity index (χ1v) is 9.64. The van der Waals surface area contributed by atoms with Crippen molar-refractivity contribution in [2.75, 3.05) is 18.8 Å². The summed E-state index contributed by atoms with van der Waals surface area (Å²) < 4.78 is 30.7. The molecule has 1 saturated heterocycles. The molecule has 23 heavy (non-hydrogen) atoms. The fourth-order valence-corrected chi connectivity index (χ4v) is 5.06. The third kappa shape index (κ3) is 3.45. The molecule has 1 unspecified atom stereocenters. The number of fused-ring (bicyclic) bond motifs is 1. The number of hydrogen-bond donors (Lipinski definition) is 1. The standard InChI is InChI=1S/C16H24N2O4S/c1-11-7-12-13(8-16(2,3)9-14(12)22-11)17-15(19)10-18-5-4-6-23(18,20)21/h7,13H,4-6,8-10H2,1-3H3,(H,17,19). The average molecular weight is 340 g/mol. The minimum Gasteiger partial charge on any atom is -0.466 e. The fourth-order valence-electron chi connectivity index (χ4n) is 3.58. The second kappa shape index (κ2) is 5.63. The van der Waals surface area contributed by atoms with Crippen molar-refractivity contribution in [2.24, 2.45) is 5.41 Å². The third-order valence-electron chi connectivity index (χ3n) is 4.59. The van der Waals surface area contributed by atoms with Gasteiger partial charge in [0.2, 0.25) is 15.9 Å². The van der Waals surface area contributed by atoms with Gasteiger partial charge in [-0.2, -0.15) is 4.31 Å². The van der Waals surface area contributed by atoms with Gasteiger partial charge in [-0.15, -0.1) is 0 Å². The van der Waals surface area contributed by atoms with Crippen molar-refractivity contribution < 1.29 is 17.6 Å². The maximum Gasteiger partial charge on any atom is 0.235 e. The molecular weight excluding hydrogens is 316 g/mol. The van der Waals surface area contributed by atoms with Crippen LogP contribution >= 0.6 is 0 Å². The van der Waals surface area contributed by atoms with Crippen molar-refractivity contribution >= 4 is 15.9 Å². The predicted molar refractivity (Wildman–Crippen MR) is 86.4 cm³/mol. The zero-order valence-electron chi connectivity index (χ0n) is 13.9. The largest absolute Gasteiger partial charge is 0.466 e. The lowest BCUT2D eigenvalue weighted by molar-refractivity contribution is -0.122. The van der Waals surface area contributed by atoms with Gasteiger partial charge >= 0.3 is 0 Å². The van der Waals surface area contributed by atoms with Gasteiger partial charge in [-0.05, 0) is 31.2 Å². The van der Waals surface area contributed by atoms with Crippen LogP contribution in [0, 0.1) is 12.3 Å². The molecule has 128 valence electrons. The van der Waals surface area contributed by atoms with Gasteiger partial charge in [0.15, 0.2) is 0 Å². The lowest BCUT2D eigenvalue weighted by Crippen LogP contribution is -2.42. The summed E-state index contributed by atoms with van der Waals surface area (Å²) >= 11 is 0. The van der Waals surface area contributed by atoms with E-state index in [1.807, 2.05) is 13.0 Å². The first-order chi connectivity index (χ1) is 10.7. The van der Waals surface area contributed by atoms with Gasteiger partial charge < -0.3 is 9.73 Å². The summed E-state index contributed by atoms with van der Waals surface area (Å²) in [5.74, 6) is 1.66. The molecule has 1 aliphatic heterocycles. The molecule has 1 fully saturated rings. The maximum atomic E-state index is 12.3. The molecular formula is C16H24N2O4S. The van der Waals surface area contributed by atoms with Gasteiger partial charge in [-0.25, -0.2) is 8.42 Å². The number of hydrogen-bond acceptors (Lipinski definition) is 4. The molecule has 1 atom stereocenters. The van der Waals surface area contributed by atoms with Crippen molar-refractivity contribution in [3.05, 3.63) is 23.2 Å². The van der Waals surface area contributed by atoms with E-state index in [1.54, 1.807) is 0 Å². The molecule has 0 bridgehead atoms. The van der Waals surface area contributed by atoms with Crippen molar-refractivity contribution in [3.63, 3.8) is 0 Å². The van der Waals surface area contributed by atoms with Crippen LogP contribution in [-0.4, -0.2) is 37.5 Å². The Morgan fingerprint density at radius 1 is 1.48 bits per heavy atom. The number of rotatable bonds is 3. The summed E-state index contributed by atoms with van der Waals surface area (Å²) in [6.07, 6.45) is 2.26. The summed E-state index contributed by atoms with van der Waals surface area (Å²) in [4.78, 5) is 12.3. The summed E-state index contributed by atoms with van der Waals surface area (Å²) in [7, 11) is -3.25. The highest BCUT2D eigenvalue weighted by Crippen LogP contribution is 2.41. The van der Waals surface area contributed by atoms with E-state index in [2.05, 4.69) is 19.2 Å². The van der Waals surface area contributed by atoms with Crippen molar-refractivity contribution in [3.8, 4) is 0 Å². The Labute approximate surface area is 137 Å². The SMILES string of the molecule is Cc1cc2c(o1)CC(C)(C)CC2NC(=O)CN1CCCS1(=O)=O. The zero-order valence-corrected chi connectivity index (χ0v) is 14.7. The molecule has 1 amide bonds. The quantitative estimate of drug-likeness (QED) is 0.909. The van der Waals surface area contributed by atoms with Crippen LogP contribution < -0.4 is 5.32 Å². The van der Waals surface area contributed by atoms with E-state index in [9.17, 15) is 13.2 Å². The van der Waals surface area contributed by atoms with Crippen LogP contribution in [0.1, 0.15) is 49.8 Å². The number of carbonyl (C=O) groups is 1. The Bertz CT molecular complexity index is 720. The van der Waals surface area contributed by atoms with E-state index in [-0.39, 0.29) is 29.7 Å². The highest BCUT2D eigenvalue weighted by atomic mass is 32.2. The number of nitrogens with one attached hydrogen (secondary N) is 1. The average Bonchev–Trinajstić information content (AvgIpc) is 2.90. The Balaban J connectivity index is 1.73. The number of carbonyl (C=O) groups excluding carboxylic acids is 1. The van der Waals surface area contributed by atoms with Crippen LogP contribution in [0.4, 0.5) is 0 Å². The molecule has 0 radical (unpaired) electrons. The molecule has 0 saturated carbocycles. The molecule has 0 aromatic carbocycles. The van der Waals surface area contributed by atoms with Gasteiger partial charge in [-0.1, -0.05) is 13.8 Å². The van der Waals surface area contributed by atoms with E-state index in [0.29, 0.717) is 13.0 Å². The van der Waals surface area contributed by atoms with E-state index >= 15 is 0 Å². The van der Waals surface area contributed by atoms with Crippen molar-refractivity contribution in [1.29, 1.82) is 0 Å². The summed E-state index contributed by atoms with van der Waals surface area (Å²) in [5, 5.41) is 3.00. The summed E-state index contributed by atoms with van der Waals surface area (Å²) in [6.45, 7) is 6.55. The molecule has 2 heterocycles. The molecule has 1 aromatic heterocycles. The van der Waals surface area contributed by atoms with Gasteiger partial charge in [0.1, 0.15) is 11.5 Å². The smallest absolute Gasteiger partial charge is 0.235 e. The van der Waals surface area contributed by atoms with Gasteiger partial charge in [0.25, 0.3) is 0 Å². The van der Waals surface area contributed by atoms with Crippen LogP contribution in [-0.2, 0) is 21.2 Å². The first-order valence-electron chi connectivity index (χ1n) is 8.03. The Morgan fingerprint density at radius 2 is 2.22 bits per heavy atom. The molecule has 1 N–H and O–H groups in total. The van der Waals surface area contributed by atoms with Crippen molar-refractivity contribution in [1.82, 2.24) is 9.62 Å². The molecule has 6 nitrogen and oxygen atoms in total. The van der Waals surface area contributed by atoms with Crippen LogP contribution in [0.15, 0.2) is 10.5 Å². The Hall–Kier alpha value is -1.34. The van der Waals surface area contributed by atoms with Gasteiger partial charge in [-0.3, -0.25) is 4.79 Å². The fraction of sp³-hybridized carbons (Fsp3) is 0.688. The van der Waals surface area contributed by atoms with Gasteiger partial charge in [0.05, 0.1) is 18.3 Å². The Kier molecular flexibility index (Phi) is 4.04. The minimum absolute atomic E-state index is 0.0367. The summed E-state index contributed by atoms with van der Waals surface area (Å²) in [5.41, 5.74) is 1.06. The zero-order chi connectivity index (χ0) is 16.8. The van der Waals surface area contributed by atoms with Crippen LogP contribution in [0.3, 0.4) is 0 Å². The number of aryl methyl sites for hydroxylation is 1. The third-order valence-corrected chi connectivity index (χ3v) is 6.50. The predicted octanol–water partition coefficient (Wildman–Crippen LogP) is 1.75. The molecule has 2 aliphatic rings. The summed E-state index contributed by atoms with van der Waals surface area (Å²) in [6, 6.07) is 1.85. The first kappa shape index (κ1) is 16.5. The molecule has 0 spiro atoms. The van der Waals surface area contributed by atoms with Crippen LogP contribution in [0.25, 0.3) is 0 Å². The monoisotopic (exact) mass is 340 g/mol. The van der Waals surface area contributed by atoms with E-state index in [1.165, 1.54) is 4.31 Å². The lowest BCUT2D eigenvalue weighted by atomic mass is 9.74. The molecule has 1 aromatic rings. The molecule has 3 rings (SSSR count). The second-order valence-electron chi connectivity index (χ2n) is 7.40. The number of amides is 1. The normalized spacial score (nSPS) is 26.0. The highest BCUT2D eigenvalue weighted by molar-refractivity contribution is 7.89. The molecule has 1 aliphatic carbocycles. The molecule has 7 heteroatoms. The lowest BCUT2D eigenvalue weighted by Gasteiger charge is -2.34. The second-order valence-corrected chi connectivity index (χ2v) is 9.49. The van der Waals surface area contributed by atoms with E-state index in [4.69, 9.17) is 4.42 Å². The number of sulfonamides is 1. The Morgan fingerprint density at radius 3 is 2.87 bits per heavy atom. The highest BCUT2D eigenvalue weighted by Gasteiger charge is 2.36. The maximum absolute atomic E-state index is 12.3. The van der Waals surface area contributed by atoms with Crippen LogP contribution in [0.2, 0.25) is 0 Å². The van der Waals surface area contributed by atoms with E-state index in [0.717, 1.165) is 29.9 Å². The van der Waals surface area contributed by atoms with Gasteiger partial charge in [0, 0.05) is 18.5 Å². The van der Waals surface area contributed by atoms with Crippen LogP contribution in [0.5, 0.6) is 0 Å². The topological polar surface area (TPSA) is 79.6 Å². The number of nitrogens with zero attached hydrogens (tertiary/aromatic N) is 1. The van der Waals surface area contributed by atoms with E-state index < -0.39 is 10.0 Å². The minimum atomic E-state index is -3.25.